The van der Waals surface area contributed by atoms with E-state index in [2.05, 4.69) is 66.3 Å². The number of aromatic hydroxyl groups is 1. The fourth-order valence-electron chi connectivity index (χ4n) is 11.3. The van der Waals surface area contributed by atoms with Crippen LogP contribution in [0.2, 0.25) is 0 Å². The minimum Gasteiger partial charge on any atom is -0.508 e. The summed E-state index contributed by atoms with van der Waals surface area (Å²) in [4.78, 5) is 0. The predicted molar refractivity (Wildman–Crippen MR) is 198 cm³/mol. The Hall–Kier alpha value is -1.36. The molecule has 2 aromatic carbocycles. The van der Waals surface area contributed by atoms with Crippen molar-refractivity contribution in [2.24, 2.45) is 40.9 Å². The molecule has 2 aromatic rings. The Bertz CT molecular complexity index is 1360. The molecule has 0 radical (unpaired) electrons. The van der Waals surface area contributed by atoms with E-state index in [1.165, 1.54) is 105 Å². The van der Waals surface area contributed by atoms with Gasteiger partial charge < -0.3 is 10.2 Å². The molecule has 4 aliphatic carbocycles. The number of aryl methyl sites for hydroxylation is 1. The van der Waals surface area contributed by atoms with Gasteiger partial charge in [0, 0.05) is 11.5 Å². The number of fused-ring (bicyclic) bond motifs is 10. The summed E-state index contributed by atoms with van der Waals surface area (Å²) < 4.78 is 0. The summed E-state index contributed by atoms with van der Waals surface area (Å²) in [6.45, 7) is 4.49. The molecule has 0 aromatic heterocycles. The van der Waals surface area contributed by atoms with Crippen molar-refractivity contribution in [3.63, 3.8) is 0 Å². The maximum absolute atomic E-state index is 11.4. The summed E-state index contributed by atoms with van der Waals surface area (Å²) in [5, 5.41) is 22.2. The lowest BCUT2D eigenvalue weighted by molar-refractivity contribution is -0.0561. The topological polar surface area (TPSA) is 40.5 Å². The smallest absolute Gasteiger partial charge is 0.116 e. The lowest BCUT2D eigenvalue weighted by Gasteiger charge is -2.60. The Morgan fingerprint density at radius 2 is 1.65 bits per heavy atom. The van der Waals surface area contributed by atoms with Crippen LogP contribution in [-0.2, 0) is 18.3 Å². The second-order valence-corrected chi connectivity index (χ2v) is 19.0. The third kappa shape index (κ3) is 6.75. The number of hydrogen-bond donors (Lipinski definition) is 2. The third-order valence-electron chi connectivity index (χ3n) is 13.5. The molecule has 4 heteroatoms. The first-order valence-electron chi connectivity index (χ1n) is 18.9. The number of aliphatic hydroxyl groups is 1. The van der Waals surface area contributed by atoms with Crippen LogP contribution in [-0.4, -0.2) is 27.8 Å². The van der Waals surface area contributed by atoms with E-state index in [0.29, 0.717) is 23.0 Å². The highest BCUT2D eigenvalue weighted by Crippen LogP contribution is 2.64. The summed E-state index contributed by atoms with van der Waals surface area (Å²) >= 11 is 0. The van der Waals surface area contributed by atoms with Gasteiger partial charge in [0.2, 0.25) is 0 Å². The van der Waals surface area contributed by atoms with E-state index >= 15 is 0 Å². The van der Waals surface area contributed by atoms with Crippen molar-refractivity contribution in [1.29, 1.82) is 0 Å². The van der Waals surface area contributed by atoms with Gasteiger partial charge in [0.25, 0.3) is 0 Å². The zero-order valence-corrected chi connectivity index (χ0v) is 30.1. The summed E-state index contributed by atoms with van der Waals surface area (Å²) in [5.41, 5.74) is 6.04. The van der Waals surface area contributed by atoms with Gasteiger partial charge in [-0.05, 0) is 158 Å². The standard InChI is InChI=1S/C42H58O2S2/c1-29-10-8-16-41(26-29)17-9-13-38-39(41)23-32-24-40(38)42(18-6-3-7-19-42)36-21-31(22-37(44)25-36)20-34-12-5-4-11-33(34)14-15-35(30(2)43)28-46-45-27-32/h4-5,8,11-12,16,21-22,25,29-30,32,35,38-40,43-44H,3,6-7,9-10,13-15,17-20,23-24,26-28H2,1-2H3/t29-,30-,32-,35-,38-,39-,40-,41+/m0/s1. The molecular weight excluding hydrogens is 601 g/mol. The number of hydrogen-bond acceptors (Lipinski definition) is 4. The van der Waals surface area contributed by atoms with Crippen molar-refractivity contribution in [2.45, 2.75) is 122 Å². The number of allylic oxidation sites excluding steroid dienone is 2. The van der Waals surface area contributed by atoms with E-state index in [4.69, 9.17) is 0 Å². The van der Waals surface area contributed by atoms with Gasteiger partial charge in [-0.15, -0.1) is 0 Å². The Labute approximate surface area is 287 Å². The highest BCUT2D eigenvalue weighted by molar-refractivity contribution is 8.76. The average Bonchev–Trinajstić information content (AvgIpc) is 3.04. The molecular formula is C42H58O2S2. The predicted octanol–water partition coefficient (Wildman–Crippen LogP) is 10.9. The van der Waals surface area contributed by atoms with Crippen molar-refractivity contribution >= 4 is 21.6 Å². The van der Waals surface area contributed by atoms with Gasteiger partial charge in [-0.2, -0.15) is 0 Å². The van der Waals surface area contributed by atoms with Crippen molar-refractivity contribution < 1.29 is 10.2 Å². The second kappa shape index (κ2) is 14.2. The first kappa shape index (κ1) is 33.2. The zero-order chi connectivity index (χ0) is 31.7. The SMILES string of the molecule is C[C@H]1CC=C[C@@]2(CCC[C@@H]3[C@@H]4C[C@@H](CSSC[C@@H]([C@H](C)O)CCc5ccccc5Cc5cc(O)cc(c5)C45CCCCC5)C[C@@H]32)C1. The number of rotatable bonds is 1. The van der Waals surface area contributed by atoms with Gasteiger partial charge in [-0.1, -0.05) is 96.7 Å². The number of aliphatic hydroxyl groups excluding tert-OH is 1. The quantitative estimate of drug-likeness (QED) is 0.236. The molecule has 3 saturated carbocycles. The summed E-state index contributed by atoms with van der Waals surface area (Å²) in [6.07, 6.45) is 24.0. The van der Waals surface area contributed by atoms with Crippen LogP contribution in [0.4, 0.5) is 0 Å². The van der Waals surface area contributed by atoms with Crippen LogP contribution < -0.4 is 0 Å². The fourth-order valence-corrected chi connectivity index (χ4v) is 14.3. The van der Waals surface area contributed by atoms with Crippen LogP contribution in [0.1, 0.15) is 120 Å². The van der Waals surface area contributed by atoms with Crippen LogP contribution in [0.3, 0.4) is 0 Å². The molecule has 250 valence electrons. The van der Waals surface area contributed by atoms with Crippen molar-refractivity contribution in [3.8, 4) is 5.75 Å². The molecule has 1 heterocycles. The maximum atomic E-state index is 11.4. The molecule has 2 spiro atoms. The molecule has 0 amide bonds. The highest BCUT2D eigenvalue weighted by atomic mass is 33.1. The largest absolute Gasteiger partial charge is 0.508 e. The normalized spacial score (nSPS) is 35.5. The molecule has 0 saturated heterocycles. The van der Waals surface area contributed by atoms with Crippen LogP contribution in [0.15, 0.2) is 54.6 Å². The highest BCUT2D eigenvalue weighted by Gasteiger charge is 2.56. The van der Waals surface area contributed by atoms with E-state index in [1.54, 1.807) is 0 Å². The van der Waals surface area contributed by atoms with Gasteiger partial charge in [-0.3, -0.25) is 0 Å². The molecule has 2 nitrogen and oxygen atoms in total. The Balaban J connectivity index is 1.32. The Morgan fingerprint density at radius 1 is 0.870 bits per heavy atom. The van der Waals surface area contributed by atoms with E-state index in [-0.39, 0.29) is 11.5 Å². The third-order valence-corrected chi connectivity index (χ3v) is 16.2. The minimum absolute atomic E-state index is 0.165. The van der Waals surface area contributed by atoms with Gasteiger partial charge >= 0.3 is 0 Å². The number of phenolic OH excluding ortho intramolecular Hbond substituents is 1. The number of phenols is 1. The average molecular weight is 659 g/mol. The Kier molecular flexibility index (Phi) is 10.3. The van der Waals surface area contributed by atoms with Crippen LogP contribution >= 0.6 is 21.6 Å². The summed E-state index contributed by atoms with van der Waals surface area (Å²) in [6, 6.07) is 15.7. The molecule has 3 fully saturated rings. The van der Waals surface area contributed by atoms with E-state index < -0.39 is 0 Å². The van der Waals surface area contributed by atoms with Crippen LogP contribution in [0, 0.1) is 40.9 Å². The summed E-state index contributed by atoms with van der Waals surface area (Å²) in [7, 11) is 4.14. The first-order valence-corrected chi connectivity index (χ1v) is 21.3. The van der Waals surface area contributed by atoms with Crippen LogP contribution in [0.25, 0.3) is 0 Å². The molecule has 7 rings (SSSR count). The molecule has 8 atom stereocenters. The molecule has 5 aliphatic rings. The van der Waals surface area contributed by atoms with E-state index in [9.17, 15) is 10.2 Å². The van der Waals surface area contributed by atoms with Crippen molar-refractivity contribution in [3.05, 3.63) is 76.9 Å². The van der Waals surface area contributed by atoms with Crippen LogP contribution in [0.5, 0.6) is 5.75 Å². The van der Waals surface area contributed by atoms with E-state index in [1.807, 2.05) is 23.8 Å². The molecule has 46 heavy (non-hydrogen) atoms. The molecule has 1 aliphatic heterocycles. The van der Waals surface area contributed by atoms with Gasteiger partial charge in [-0.25, -0.2) is 0 Å². The Morgan fingerprint density at radius 3 is 2.46 bits per heavy atom. The minimum atomic E-state index is -0.288. The maximum Gasteiger partial charge on any atom is 0.116 e. The lowest BCUT2D eigenvalue weighted by Crippen LogP contribution is -2.53. The first-order chi connectivity index (χ1) is 22.3. The zero-order valence-electron chi connectivity index (χ0n) is 28.5. The lowest BCUT2D eigenvalue weighted by atomic mass is 9.45. The molecule has 4 bridgehead atoms. The van der Waals surface area contributed by atoms with Crippen molar-refractivity contribution in [1.82, 2.24) is 0 Å². The monoisotopic (exact) mass is 658 g/mol. The molecule has 2 N–H and O–H groups in total. The van der Waals surface area contributed by atoms with Crippen molar-refractivity contribution in [2.75, 3.05) is 11.5 Å². The number of benzene rings is 2. The van der Waals surface area contributed by atoms with Gasteiger partial charge in [0.1, 0.15) is 5.75 Å². The fraction of sp³-hybridized carbons (Fsp3) is 0.667. The summed E-state index contributed by atoms with van der Waals surface area (Å²) in [5.74, 6) is 6.80. The van der Waals surface area contributed by atoms with Gasteiger partial charge in [0.05, 0.1) is 6.10 Å². The second-order valence-electron chi connectivity index (χ2n) is 16.4. The molecule has 0 unspecified atom stereocenters. The van der Waals surface area contributed by atoms with Gasteiger partial charge in [0.15, 0.2) is 0 Å². The van der Waals surface area contributed by atoms with E-state index in [0.717, 1.165) is 48.7 Å².